The van der Waals surface area contributed by atoms with E-state index in [2.05, 4.69) is 34.6 Å². The lowest BCUT2D eigenvalue weighted by molar-refractivity contribution is -0.161. The van der Waals surface area contributed by atoms with Crippen LogP contribution < -0.4 is 0 Å². The van der Waals surface area contributed by atoms with Crippen molar-refractivity contribution in [2.45, 2.75) is 483 Å². The molecule has 0 heterocycles. The van der Waals surface area contributed by atoms with E-state index in [1.165, 1.54) is 289 Å². The van der Waals surface area contributed by atoms with Gasteiger partial charge in [-0.15, -0.1) is 0 Å². The third kappa shape index (κ3) is 79.9. The monoisotopic (exact) mass is 1540 g/mol. The minimum atomic E-state index is -4.96. The second-order valence-electron chi connectivity index (χ2n) is 31.4. The second-order valence-corrected chi connectivity index (χ2v) is 34.3. The predicted octanol–water partition coefficient (Wildman–Crippen LogP) is 26.4. The molecule has 624 valence electrons. The summed E-state index contributed by atoms with van der Waals surface area (Å²) in [6.45, 7) is 7.36. The van der Waals surface area contributed by atoms with E-state index in [0.29, 0.717) is 25.7 Å². The Hall–Kier alpha value is -1.94. The summed E-state index contributed by atoms with van der Waals surface area (Å²) in [6.07, 6.45) is 72.3. The molecule has 105 heavy (non-hydrogen) atoms. The highest BCUT2D eigenvalue weighted by Gasteiger charge is 2.30. The van der Waals surface area contributed by atoms with Gasteiger partial charge in [-0.05, 0) is 31.6 Å². The van der Waals surface area contributed by atoms with Crippen LogP contribution in [0.4, 0.5) is 0 Å². The average molecular weight is 1540 g/mol. The number of ether oxygens (including phenoxy) is 4. The number of phosphoric acid groups is 2. The van der Waals surface area contributed by atoms with Gasteiger partial charge in [0.15, 0.2) is 12.2 Å². The van der Waals surface area contributed by atoms with Crippen molar-refractivity contribution in [1.29, 1.82) is 0 Å². The maximum Gasteiger partial charge on any atom is 0.472 e. The topological polar surface area (TPSA) is 237 Å². The van der Waals surface area contributed by atoms with E-state index in [0.717, 1.165) is 95.8 Å². The van der Waals surface area contributed by atoms with Crippen LogP contribution in [-0.4, -0.2) is 96.7 Å². The van der Waals surface area contributed by atoms with Crippen molar-refractivity contribution in [3.05, 3.63) is 0 Å². The van der Waals surface area contributed by atoms with Gasteiger partial charge in [0, 0.05) is 25.7 Å². The lowest BCUT2D eigenvalue weighted by Gasteiger charge is -2.21. The minimum Gasteiger partial charge on any atom is -0.462 e. The van der Waals surface area contributed by atoms with Crippen LogP contribution in [0.15, 0.2) is 0 Å². The highest BCUT2D eigenvalue weighted by molar-refractivity contribution is 7.47. The smallest absolute Gasteiger partial charge is 0.462 e. The molecular formula is C86H168O17P2. The third-order valence-corrected chi connectivity index (χ3v) is 22.2. The van der Waals surface area contributed by atoms with Gasteiger partial charge >= 0.3 is 39.5 Å². The SMILES string of the molecule is CCCCCCCCCCCCCCCCCCCCCCCCC(=O)O[C@H](COC(=O)CCCCCCCCCCCCCCCCCCCC)COP(=O)(O)OC[C@@H](O)COP(=O)(O)OC[C@@H](COC(=O)CCCCCCCCCCC)OC(=O)CCCCCCCCCCCCCCCC(C)C. The number of rotatable bonds is 86. The fourth-order valence-electron chi connectivity index (χ4n) is 13.5. The molecule has 0 rings (SSSR count). The highest BCUT2D eigenvalue weighted by atomic mass is 31.2. The van der Waals surface area contributed by atoms with Gasteiger partial charge < -0.3 is 33.8 Å². The zero-order valence-corrected chi connectivity index (χ0v) is 70.7. The lowest BCUT2D eigenvalue weighted by atomic mass is 10.0. The van der Waals surface area contributed by atoms with E-state index in [1.54, 1.807) is 0 Å². The van der Waals surface area contributed by atoms with Crippen LogP contribution in [0.3, 0.4) is 0 Å². The van der Waals surface area contributed by atoms with E-state index < -0.39 is 97.5 Å². The Morgan fingerprint density at radius 2 is 0.438 bits per heavy atom. The summed E-state index contributed by atoms with van der Waals surface area (Å²) in [6, 6.07) is 0. The molecule has 17 nitrogen and oxygen atoms in total. The van der Waals surface area contributed by atoms with Crippen molar-refractivity contribution in [3.63, 3.8) is 0 Å². The van der Waals surface area contributed by atoms with Crippen LogP contribution in [0.25, 0.3) is 0 Å². The fraction of sp³-hybridized carbons (Fsp3) is 0.953. The second kappa shape index (κ2) is 78.7. The third-order valence-electron chi connectivity index (χ3n) is 20.3. The first-order chi connectivity index (χ1) is 51.0. The highest BCUT2D eigenvalue weighted by Crippen LogP contribution is 2.45. The van der Waals surface area contributed by atoms with Crippen LogP contribution >= 0.6 is 15.6 Å². The molecule has 0 amide bonds. The number of unbranched alkanes of at least 4 members (excludes halogenated alkanes) is 58. The van der Waals surface area contributed by atoms with Gasteiger partial charge in [-0.2, -0.15) is 0 Å². The Kier molecular flexibility index (Phi) is 77.3. The van der Waals surface area contributed by atoms with Crippen molar-refractivity contribution in [2.75, 3.05) is 39.6 Å². The van der Waals surface area contributed by atoms with Crippen molar-refractivity contribution in [2.24, 2.45) is 5.92 Å². The van der Waals surface area contributed by atoms with Crippen molar-refractivity contribution < 1.29 is 80.2 Å². The van der Waals surface area contributed by atoms with Crippen molar-refractivity contribution in [3.8, 4) is 0 Å². The summed E-state index contributed by atoms with van der Waals surface area (Å²) in [4.78, 5) is 73.2. The summed E-state index contributed by atoms with van der Waals surface area (Å²) in [5.74, 6) is -1.32. The molecule has 0 fully saturated rings. The molecule has 0 aliphatic heterocycles. The largest absolute Gasteiger partial charge is 0.472 e. The standard InChI is InChI=1S/C86H168O17P2/c1-6-9-12-15-18-21-23-25-27-29-31-32-33-34-36-38-42-46-51-56-61-66-71-85(90)103-82(76-97-84(89)70-65-60-55-50-45-41-37-35-30-28-26-24-22-19-16-13-10-7-2)78-101-105(94,95)99-74-80(87)73-98-104(92,93)100-77-81(75-96-83(88)69-64-59-54-48-20-17-14-11-8-3)102-86(91)72-67-62-57-52-47-43-39-40-44-49-53-58-63-68-79(4)5/h79-82,87H,6-78H2,1-5H3,(H,92,93)(H,94,95)/t80-,81+,82+/m0/s1. The van der Waals surface area contributed by atoms with Crippen LogP contribution in [0.5, 0.6) is 0 Å². The number of hydrogen-bond acceptors (Lipinski definition) is 15. The summed E-state index contributed by atoms with van der Waals surface area (Å²) in [5, 5.41) is 10.7. The number of aliphatic hydroxyl groups is 1. The molecular weight excluding hydrogens is 1370 g/mol. The molecule has 0 bridgehead atoms. The molecule has 0 spiro atoms. The van der Waals surface area contributed by atoms with E-state index in [4.69, 9.17) is 37.0 Å². The molecule has 0 saturated carbocycles. The van der Waals surface area contributed by atoms with Gasteiger partial charge in [0.05, 0.1) is 26.4 Å². The Morgan fingerprint density at radius 3 is 0.648 bits per heavy atom. The Balaban J connectivity index is 5.20. The normalized spacial score (nSPS) is 13.8. The molecule has 0 aromatic heterocycles. The number of carbonyl (C=O) groups excluding carboxylic acids is 4. The van der Waals surface area contributed by atoms with Crippen molar-refractivity contribution in [1.82, 2.24) is 0 Å². The molecule has 3 N–H and O–H groups in total. The Bertz CT molecular complexity index is 2000. The van der Waals surface area contributed by atoms with Crippen LogP contribution in [0.1, 0.15) is 465 Å². The first-order valence-corrected chi connectivity index (χ1v) is 47.6. The van der Waals surface area contributed by atoms with E-state index in [9.17, 15) is 43.2 Å². The van der Waals surface area contributed by atoms with Gasteiger partial charge in [0.25, 0.3) is 0 Å². The fourth-order valence-corrected chi connectivity index (χ4v) is 15.1. The molecule has 0 aliphatic rings. The van der Waals surface area contributed by atoms with Crippen LogP contribution in [0, 0.1) is 5.92 Å². The molecule has 19 heteroatoms. The summed E-state index contributed by atoms with van der Waals surface area (Å²) in [7, 11) is -9.92. The Labute approximate surface area is 645 Å². The minimum absolute atomic E-state index is 0.108. The number of hydrogen-bond donors (Lipinski definition) is 3. The quantitative estimate of drug-likeness (QED) is 0.0222. The van der Waals surface area contributed by atoms with Gasteiger partial charge in [-0.1, -0.05) is 413 Å². The molecule has 0 aromatic carbocycles. The maximum absolute atomic E-state index is 13.1. The molecule has 0 radical (unpaired) electrons. The van der Waals surface area contributed by atoms with Crippen LogP contribution in [0.2, 0.25) is 0 Å². The summed E-state index contributed by atoms with van der Waals surface area (Å²) in [5.41, 5.74) is 0. The van der Waals surface area contributed by atoms with E-state index in [1.807, 2.05) is 0 Å². The average Bonchev–Trinajstić information content (AvgIpc) is 0.907. The number of carbonyl (C=O) groups is 4. The number of esters is 4. The first kappa shape index (κ1) is 103. The maximum atomic E-state index is 13.1. The predicted molar refractivity (Wildman–Crippen MR) is 432 cm³/mol. The zero-order valence-electron chi connectivity index (χ0n) is 68.9. The molecule has 2 unspecified atom stereocenters. The van der Waals surface area contributed by atoms with E-state index >= 15 is 0 Å². The van der Waals surface area contributed by atoms with E-state index in [-0.39, 0.29) is 25.7 Å². The number of phosphoric ester groups is 2. The molecule has 5 atom stereocenters. The zero-order chi connectivity index (χ0) is 76.9. The van der Waals surface area contributed by atoms with Crippen LogP contribution in [-0.2, 0) is 65.4 Å². The van der Waals surface area contributed by atoms with Gasteiger partial charge in [-0.25, -0.2) is 9.13 Å². The van der Waals surface area contributed by atoms with Gasteiger partial charge in [-0.3, -0.25) is 37.3 Å². The first-order valence-electron chi connectivity index (χ1n) is 44.6. The Morgan fingerprint density at radius 1 is 0.257 bits per heavy atom. The molecule has 0 aromatic rings. The lowest BCUT2D eigenvalue weighted by Crippen LogP contribution is -2.30. The summed E-state index contributed by atoms with van der Waals surface area (Å²) < 4.78 is 68.8. The number of aliphatic hydroxyl groups excluding tert-OH is 1. The van der Waals surface area contributed by atoms with Gasteiger partial charge in [0.1, 0.15) is 19.3 Å². The molecule has 0 aliphatic carbocycles. The van der Waals surface area contributed by atoms with Gasteiger partial charge in [0.2, 0.25) is 0 Å². The summed E-state index contributed by atoms with van der Waals surface area (Å²) >= 11 is 0. The van der Waals surface area contributed by atoms with Crippen molar-refractivity contribution >= 4 is 39.5 Å². The molecule has 0 saturated heterocycles.